The number of rotatable bonds is 5. The summed E-state index contributed by atoms with van der Waals surface area (Å²) in [5.41, 5.74) is 0.452. The number of carbonyl (C=O) groups is 1. The number of benzene rings is 1. The van der Waals surface area contributed by atoms with Crippen LogP contribution in [0, 0.1) is 0 Å². The molecule has 1 amide bonds. The Labute approximate surface area is 136 Å². The molecular weight excluding hydrogens is 308 g/mol. The van der Waals surface area contributed by atoms with Crippen LogP contribution in [0.5, 0.6) is 17.2 Å². The van der Waals surface area contributed by atoms with Gasteiger partial charge in [-0.3, -0.25) is 4.79 Å². The first kappa shape index (κ1) is 18.4. The molecule has 1 aromatic rings. The van der Waals surface area contributed by atoms with E-state index >= 15 is 0 Å². The van der Waals surface area contributed by atoms with Gasteiger partial charge in [0, 0.05) is 18.2 Å². The van der Waals surface area contributed by atoms with E-state index in [0.717, 1.165) is 25.9 Å². The topological polar surface area (TPSA) is 68.8 Å². The molecule has 0 saturated carbocycles. The van der Waals surface area contributed by atoms with Crippen molar-refractivity contribution in [1.29, 1.82) is 0 Å². The lowest BCUT2D eigenvalue weighted by molar-refractivity contribution is 0.0926. The van der Waals surface area contributed by atoms with E-state index in [0.29, 0.717) is 22.8 Å². The highest BCUT2D eigenvalue weighted by atomic mass is 35.5. The van der Waals surface area contributed by atoms with Gasteiger partial charge in [0.05, 0.1) is 26.9 Å². The van der Waals surface area contributed by atoms with E-state index in [1.807, 2.05) is 0 Å². The lowest BCUT2D eigenvalue weighted by Crippen LogP contribution is -2.42. The number of hydrogen-bond acceptors (Lipinski definition) is 5. The van der Waals surface area contributed by atoms with Gasteiger partial charge in [0.25, 0.3) is 5.91 Å². The molecule has 0 unspecified atom stereocenters. The predicted octanol–water partition coefficient (Wildman–Crippen LogP) is 1.62. The second-order valence-electron chi connectivity index (χ2n) is 4.91. The molecule has 2 rings (SSSR count). The van der Waals surface area contributed by atoms with Crippen molar-refractivity contribution in [3.63, 3.8) is 0 Å². The molecule has 1 aromatic carbocycles. The highest BCUT2D eigenvalue weighted by Gasteiger charge is 2.21. The first-order chi connectivity index (χ1) is 10.2. The van der Waals surface area contributed by atoms with E-state index in [4.69, 9.17) is 14.2 Å². The molecule has 1 heterocycles. The Balaban J connectivity index is 0.00000242. The third-order valence-corrected chi connectivity index (χ3v) is 3.62. The van der Waals surface area contributed by atoms with Crippen molar-refractivity contribution in [3.8, 4) is 17.2 Å². The maximum atomic E-state index is 12.5. The molecule has 0 spiro atoms. The van der Waals surface area contributed by atoms with Crippen molar-refractivity contribution in [3.05, 3.63) is 17.7 Å². The number of amides is 1. The monoisotopic (exact) mass is 330 g/mol. The summed E-state index contributed by atoms with van der Waals surface area (Å²) in [6, 6.07) is 3.50. The molecule has 0 aliphatic carbocycles. The van der Waals surface area contributed by atoms with E-state index in [1.54, 1.807) is 26.4 Å². The Morgan fingerprint density at radius 2 is 1.59 bits per heavy atom. The van der Waals surface area contributed by atoms with Crippen LogP contribution >= 0.6 is 12.4 Å². The second-order valence-corrected chi connectivity index (χ2v) is 4.91. The molecule has 2 N–H and O–H groups in total. The van der Waals surface area contributed by atoms with E-state index in [9.17, 15) is 4.79 Å². The SMILES string of the molecule is COc1cc(OC)c(C(=O)NC2CCNCC2)cc1OC.Cl. The van der Waals surface area contributed by atoms with Gasteiger partial charge in [0.1, 0.15) is 5.75 Å². The van der Waals surface area contributed by atoms with E-state index < -0.39 is 0 Å². The summed E-state index contributed by atoms with van der Waals surface area (Å²) in [6.07, 6.45) is 1.86. The molecule has 7 heteroatoms. The van der Waals surface area contributed by atoms with Gasteiger partial charge in [-0.15, -0.1) is 12.4 Å². The molecular formula is C15H23ClN2O4. The van der Waals surface area contributed by atoms with Crippen LogP contribution in [-0.4, -0.2) is 46.4 Å². The molecule has 1 aliphatic heterocycles. The fraction of sp³-hybridized carbons (Fsp3) is 0.533. The Morgan fingerprint density at radius 3 is 2.14 bits per heavy atom. The zero-order chi connectivity index (χ0) is 15.2. The highest BCUT2D eigenvalue weighted by molar-refractivity contribution is 5.98. The molecule has 0 radical (unpaired) electrons. The predicted molar refractivity (Wildman–Crippen MR) is 86.7 cm³/mol. The number of hydrogen-bond donors (Lipinski definition) is 2. The molecule has 0 aromatic heterocycles. The quantitative estimate of drug-likeness (QED) is 0.858. The summed E-state index contributed by atoms with van der Waals surface area (Å²) in [7, 11) is 4.62. The number of methoxy groups -OCH3 is 3. The van der Waals surface area contributed by atoms with Crippen molar-refractivity contribution < 1.29 is 19.0 Å². The Kier molecular flexibility index (Phi) is 7.27. The minimum Gasteiger partial charge on any atom is -0.496 e. The van der Waals surface area contributed by atoms with E-state index in [2.05, 4.69) is 10.6 Å². The lowest BCUT2D eigenvalue weighted by Gasteiger charge is -2.24. The molecule has 0 atom stereocenters. The molecule has 1 saturated heterocycles. The van der Waals surface area contributed by atoms with Crippen molar-refractivity contribution in [2.75, 3.05) is 34.4 Å². The first-order valence-electron chi connectivity index (χ1n) is 7.01. The van der Waals surface area contributed by atoms with Crippen molar-refractivity contribution in [2.45, 2.75) is 18.9 Å². The summed E-state index contributed by atoms with van der Waals surface area (Å²) in [5, 5.41) is 6.31. The highest BCUT2D eigenvalue weighted by Crippen LogP contribution is 2.34. The van der Waals surface area contributed by atoms with Crippen LogP contribution in [0.2, 0.25) is 0 Å². The number of ether oxygens (including phenoxy) is 3. The van der Waals surface area contributed by atoms with Gasteiger partial charge in [-0.1, -0.05) is 0 Å². The van der Waals surface area contributed by atoms with E-state index in [1.165, 1.54) is 7.11 Å². The Hall–Kier alpha value is -1.66. The molecule has 1 aliphatic rings. The fourth-order valence-corrected chi connectivity index (χ4v) is 2.44. The van der Waals surface area contributed by atoms with Gasteiger partial charge in [-0.25, -0.2) is 0 Å². The summed E-state index contributed by atoms with van der Waals surface area (Å²) in [6.45, 7) is 1.85. The second kappa shape index (κ2) is 8.70. The maximum absolute atomic E-state index is 12.5. The van der Waals surface area contributed by atoms with Gasteiger partial charge in [0.2, 0.25) is 0 Å². The average molecular weight is 331 g/mol. The summed E-state index contributed by atoms with van der Waals surface area (Å²) < 4.78 is 15.8. The molecule has 124 valence electrons. The van der Waals surface area contributed by atoms with Gasteiger partial charge in [0.15, 0.2) is 11.5 Å². The van der Waals surface area contributed by atoms with Gasteiger partial charge >= 0.3 is 0 Å². The minimum atomic E-state index is -0.153. The lowest BCUT2D eigenvalue weighted by atomic mass is 10.1. The smallest absolute Gasteiger partial charge is 0.255 e. The van der Waals surface area contributed by atoms with Crippen molar-refractivity contribution in [2.24, 2.45) is 0 Å². The van der Waals surface area contributed by atoms with Crippen molar-refractivity contribution >= 4 is 18.3 Å². The van der Waals surface area contributed by atoms with Crippen LogP contribution in [0.3, 0.4) is 0 Å². The van der Waals surface area contributed by atoms with Crippen LogP contribution in [0.15, 0.2) is 12.1 Å². The normalized spacial score (nSPS) is 14.7. The first-order valence-corrected chi connectivity index (χ1v) is 7.01. The zero-order valence-corrected chi connectivity index (χ0v) is 13.9. The van der Waals surface area contributed by atoms with Gasteiger partial charge in [-0.05, 0) is 25.9 Å². The molecule has 6 nitrogen and oxygen atoms in total. The van der Waals surface area contributed by atoms with Crippen LogP contribution < -0.4 is 24.8 Å². The average Bonchev–Trinajstić information content (AvgIpc) is 2.54. The molecule has 0 bridgehead atoms. The number of halogens is 1. The van der Waals surface area contributed by atoms with Crippen LogP contribution in [0.25, 0.3) is 0 Å². The van der Waals surface area contributed by atoms with Gasteiger partial charge in [-0.2, -0.15) is 0 Å². The van der Waals surface area contributed by atoms with E-state index in [-0.39, 0.29) is 24.4 Å². The Bertz CT molecular complexity index is 505. The Morgan fingerprint density at radius 1 is 1.05 bits per heavy atom. The van der Waals surface area contributed by atoms with Crippen LogP contribution in [-0.2, 0) is 0 Å². The maximum Gasteiger partial charge on any atom is 0.255 e. The summed E-state index contributed by atoms with van der Waals surface area (Å²) in [4.78, 5) is 12.5. The minimum absolute atomic E-state index is 0. The van der Waals surface area contributed by atoms with Crippen LogP contribution in [0.1, 0.15) is 23.2 Å². The third kappa shape index (κ3) is 4.18. The third-order valence-electron chi connectivity index (χ3n) is 3.62. The number of nitrogens with one attached hydrogen (secondary N) is 2. The largest absolute Gasteiger partial charge is 0.496 e. The standard InChI is InChI=1S/C15H22N2O4.ClH/c1-19-12-9-14(21-3)13(20-2)8-11(12)15(18)17-10-4-6-16-7-5-10;/h8-10,16H,4-7H2,1-3H3,(H,17,18);1H. The van der Waals surface area contributed by atoms with Gasteiger partial charge < -0.3 is 24.8 Å². The van der Waals surface area contributed by atoms with Crippen LogP contribution in [0.4, 0.5) is 0 Å². The molecule has 22 heavy (non-hydrogen) atoms. The fourth-order valence-electron chi connectivity index (χ4n) is 2.44. The summed E-state index contributed by atoms with van der Waals surface area (Å²) in [5.74, 6) is 1.36. The number of piperidine rings is 1. The molecule has 1 fully saturated rings. The summed E-state index contributed by atoms with van der Waals surface area (Å²) >= 11 is 0. The van der Waals surface area contributed by atoms with Crippen molar-refractivity contribution in [1.82, 2.24) is 10.6 Å². The number of carbonyl (C=O) groups excluding carboxylic acids is 1. The zero-order valence-electron chi connectivity index (χ0n) is 13.1.